The largest absolute Gasteiger partial charge is 0.308 e. The van der Waals surface area contributed by atoms with E-state index < -0.39 is 0 Å². The van der Waals surface area contributed by atoms with E-state index in [-0.39, 0.29) is 0 Å². The lowest BCUT2D eigenvalue weighted by molar-refractivity contribution is 0.234. The molecule has 15 heavy (non-hydrogen) atoms. The van der Waals surface area contributed by atoms with Gasteiger partial charge < -0.3 is 14.7 Å². The highest BCUT2D eigenvalue weighted by molar-refractivity contribution is 4.60. The molecule has 0 aromatic carbocycles. The van der Waals surface area contributed by atoms with E-state index in [4.69, 9.17) is 0 Å². The molecule has 0 aliphatic rings. The van der Waals surface area contributed by atoms with E-state index in [0.717, 1.165) is 6.54 Å². The van der Waals surface area contributed by atoms with Crippen molar-refractivity contribution in [1.29, 1.82) is 0 Å². The second kappa shape index (κ2) is 8.08. The van der Waals surface area contributed by atoms with Crippen LogP contribution in [0.15, 0.2) is 0 Å². The Morgan fingerprint density at radius 1 is 0.800 bits per heavy atom. The predicted octanol–water partition coefficient (Wildman–Crippen LogP) is 1.21. The zero-order chi connectivity index (χ0) is 11.8. The van der Waals surface area contributed by atoms with Crippen LogP contribution in [0, 0.1) is 0 Å². The lowest BCUT2D eigenvalue weighted by Gasteiger charge is -2.23. The predicted molar refractivity (Wildman–Crippen MR) is 68.4 cm³/mol. The van der Waals surface area contributed by atoms with Gasteiger partial charge in [0.2, 0.25) is 0 Å². The number of hydrogen-bond acceptors (Lipinski definition) is 3. The average molecular weight is 215 g/mol. The van der Waals surface area contributed by atoms with Gasteiger partial charge in [-0.3, -0.25) is 0 Å². The van der Waals surface area contributed by atoms with Crippen molar-refractivity contribution >= 4 is 0 Å². The van der Waals surface area contributed by atoms with Crippen molar-refractivity contribution in [3.05, 3.63) is 0 Å². The summed E-state index contributed by atoms with van der Waals surface area (Å²) in [6.07, 6.45) is 1.26. The van der Waals surface area contributed by atoms with Gasteiger partial charge in [-0.2, -0.15) is 0 Å². The molecule has 0 saturated heterocycles. The zero-order valence-electron chi connectivity index (χ0n) is 11.5. The van der Waals surface area contributed by atoms with Crippen LogP contribution in [0.2, 0.25) is 0 Å². The summed E-state index contributed by atoms with van der Waals surface area (Å²) < 4.78 is 0. The number of nitrogens with zero attached hydrogens (tertiary/aromatic N) is 3. The van der Waals surface area contributed by atoms with Crippen LogP contribution in [0.25, 0.3) is 0 Å². The van der Waals surface area contributed by atoms with E-state index in [1.54, 1.807) is 0 Å². The first-order valence-electron chi connectivity index (χ1n) is 5.97. The minimum absolute atomic E-state index is 0.664. The molecule has 3 nitrogen and oxygen atoms in total. The van der Waals surface area contributed by atoms with Gasteiger partial charge in [0, 0.05) is 19.1 Å². The summed E-state index contributed by atoms with van der Waals surface area (Å²) >= 11 is 0. The highest BCUT2D eigenvalue weighted by Crippen LogP contribution is 1.96. The summed E-state index contributed by atoms with van der Waals surface area (Å²) in [7, 11) is 8.66. The third kappa shape index (κ3) is 8.85. The Morgan fingerprint density at radius 2 is 1.40 bits per heavy atom. The molecule has 0 saturated carbocycles. The topological polar surface area (TPSA) is 9.72 Å². The molecule has 0 atom stereocenters. The molecule has 0 bridgehead atoms. The number of hydrogen-bond donors (Lipinski definition) is 0. The monoisotopic (exact) mass is 215 g/mol. The van der Waals surface area contributed by atoms with Gasteiger partial charge in [-0.15, -0.1) is 0 Å². The molecule has 0 rings (SSSR count). The van der Waals surface area contributed by atoms with Crippen LogP contribution in [0.4, 0.5) is 0 Å². The third-order valence-electron chi connectivity index (χ3n) is 2.86. The molecule has 0 spiro atoms. The molecule has 3 heteroatoms. The number of likely N-dealkylation sites (N-methyl/N-ethyl adjacent to an activating group) is 2. The van der Waals surface area contributed by atoms with Crippen molar-refractivity contribution in [2.24, 2.45) is 0 Å². The fourth-order valence-electron chi connectivity index (χ4n) is 1.33. The summed E-state index contributed by atoms with van der Waals surface area (Å²) in [4.78, 5) is 7.05. The van der Waals surface area contributed by atoms with Gasteiger partial charge in [-0.1, -0.05) is 0 Å². The molecule has 0 radical (unpaired) electrons. The van der Waals surface area contributed by atoms with Gasteiger partial charge in [0.15, 0.2) is 0 Å². The first-order chi connectivity index (χ1) is 6.93. The average Bonchev–Trinajstić information content (AvgIpc) is 2.14. The summed E-state index contributed by atoms with van der Waals surface area (Å²) in [5.74, 6) is 0. The van der Waals surface area contributed by atoms with Crippen LogP contribution in [0.1, 0.15) is 20.3 Å². The van der Waals surface area contributed by atoms with Crippen molar-refractivity contribution in [3.63, 3.8) is 0 Å². The first-order valence-corrected chi connectivity index (χ1v) is 5.97. The van der Waals surface area contributed by atoms with Crippen LogP contribution >= 0.6 is 0 Å². The van der Waals surface area contributed by atoms with Crippen LogP contribution < -0.4 is 0 Å². The third-order valence-corrected chi connectivity index (χ3v) is 2.86. The molecular formula is C12H29N3. The quantitative estimate of drug-likeness (QED) is 0.602. The zero-order valence-corrected chi connectivity index (χ0v) is 11.5. The summed E-state index contributed by atoms with van der Waals surface area (Å²) in [6, 6.07) is 0.664. The van der Waals surface area contributed by atoms with E-state index in [2.05, 4.69) is 56.7 Å². The van der Waals surface area contributed by atoms with Gasteiger partial charge in [0.1, 0.15) is 0 Å². The molecule has 0 amide bonds. The number of rotatable bonds is 8. The second-order valence-corrected chi connectivity index (χ2v) is 5.03. The first kappa shape index (κ1) is 14.9. The van der Waals surface area contributed by atoms with Crippen LogP contribution in [0.3, 0.4) is 0 Å². The Morgan fingerprint density at radius 3 is 1.87 bits per heavy atom. The fourth-order valence-corrected chi connectivity index (χ4v) is 1.33. The molecule has 0 aliphatic heterocycles. The molecule has 0 aromatic rings. The second-order valence-electron chi connectivity index (χ2n) is 5.03. The molecule has 0 fully saturated rings. The summed E-state index contributed by atoms with van der Waals surface area (Å²) in [5, 5.41) is 0. The molecule has 0 N–H and O–H groups in total. The van der Waals surface area contributed by atoms with Gasteiger partial charge in [0.25, 0.3) is 0 Å². The maximum Gasteiger partial charge on any atom is 0.0106 e. The standard InChI is InChI=1S/C12H29N3/c1-12(2)15(6)9-7-8-14(5)11-10-13(3)4/h12H,7-11H2,1-6H3. The fraction of sp³-hybridized carbons (Fsp3) is 1.00. The molecule has 0 aromatic heterocycles. The van der Waals surface area contributed by atoms with Crippen molar-refractivity contribution in [1.82, 2.24) is 14.7 Å². The molecule has 92 valence electrons. The maximum absolute atomic E-state index is 2.41. The van der Waals surface area contributed by atoms with Gasteiger partial charge >= 0.3 is 0 Å². The van der Waals surface area contributed by atoms with Gasteiger partial charge in [0.05, 0.1) is 0 Å². The minimum Gasteiger partial charge on any atom is -0.308 e. The molecular weight excluding hydrogens is 186 g/mol. The van der Waals surface area contributed by atoms with Crippen molar-refractivity contribution in [2.75, 3.05) is 54.4 Å². The smallest absolute Gasteiger partial charge is 0.0106 e. The Hall–Kier alpha value is -0.120. The van der Waals surface area contributed by atoms with E-state index in [1.807, 2.05) is 0 Å². The summed E-state index contributed by atoms with van der Waals surface area (Å²) in [6.45, 7) is 9.20. The Balaban J connectivity index is 3.42. The Labute approximate surface area is 96.0 Å². The van der Waals surface area contributed by atoms with Crippen LogP contribution in [-0.4, -0.2) is 75.1 Å². The van der Waals surface area contributed by atoms with E-state index in [0.29, 0.717) is 6.04 Å². The molecule has 0 heterocycles. The summed E-state index contributed by atoms with van der Waals surface area (Å²) in [5.41, 5.74) is 0. The van der Waals surface area contributed by atoms with Gasteiger partial charge in [-0.25, -0.2) is 0 Å². The Bertz CT molecular complexity index is 146. The Kier molecular flexibility index (Phi) is 8.02. The van der Waals surface area contributed by atoms with E-state index in [1.165, 1.54) is 26.1 Å². The normalized spacial score (nSPS) is 12.4. The van der Waals surface area contributed by atoms with Crippen LogP contribution in [0.5, 0.6) is 0 Å². The minimum atomic E-state index is 0.664. The SMILES string of the molecule is CC(C)N(C)CCCN(C)CCN(C)C. The van der Waals surface area contributed by atoms with Crippen molar-refractivity contribution in [2.45, 2.75) is 26.3 Å². The molecule has 0 aliphatic carbocycles. The van der Waals surface area contributed by atoms with E-state index >= 15 is 0 Å². The van der Waals surface area contributed by atoms with Gasteiger partial charge in [-0.05, 0) is 61.5 Å². The lowest BCUT2D eigenvalue weighted by Crippen LogP contribution is -2.32. The van der Waals surface area contributed by atoms with E-state index in [9.17, 15) is 0 Å². The highest BCUT2D eigenvalue weighted by Gasteiger charge is 2.03. The lowest BCUT2D eigenvalue weighted by atomic mass is 10.3. The maximum atomic E-state index is 2.41. The van der Waals surface area contributed by atoms with Crippen molar-refractivity contribution in [3.8, 4) is 0 Å². The molecule has 0 unspecified atom stereocenters. The van der Waals surface area contributed by atoms with Crippen molar-refractivity contribution < 1.29 is 0 Å². The highest BCUT2D eigenvalue weighted by atomic mass is 15.2. The van der Waals surface area contributed by atoms with Crippen LogP contribution in [-0.2, 0) is 0 Å².